The van der Waals surface area contributed by atoms with E-state index in [4.69, 9.17) is 25.8 Å². The van der Waals surface area contributed by atoms with Crippen LogP contribution in [0.5, 0.6) is 17.2 Å². The highest BCUT2D eigenvalue weighted by atomic mass is 35.5. The van der Waals surface area contributed by atoms with Gasteiger partial charge in [0.2, 0.25) is 5.75 Å². The lowest BCUT2D eigenvalue weighted by atomic mass is 10.3. The van der Waals surface area contributed by atoms with Crippen LogP contribution < -0.4 is 14.2 Å². The zero-order valence-corrected chi connectivity index (χ0v) is 12.0. The summed E-state index contributed by atoms with van der Waals surface area (Å²) in [6, 6.07) is 2.78. The fourth-order valence-corrected chi connectivity index (χ4v) is 3.08. The molecular formula is C11H15ClO5S. The molecule has 0 bridgehead atoms. The van der Waals surface area contributed by atoms with Crippen LogP contribution in [0.1, 0.15) is 0 Å². The van der Waals surface area contributed by atoms with Crippen molar-refractivity contribution in [3.8, 4) is 17.2 Å². The van der Waals surface area contributed by atoms with Gasteiger partial charge in [-0.25, -0.2) is 8.42 Å². The van der Waals surface area contributed by atoms with Crippen LogP contribution >= 0.6 is 11.6 Å². The maximum absolute atomic E-state index is 11.9. The summed E-state index contributed by atoms with van der Waals surface area (Å²) in [4.78, 5) is 0.0950. The maximum atomic E-state index is 11.9. The number of hydrogen-bond donors (Lipinski definition) is 0. The number of ether oxygens (including phenoxy) is 3. The first-order chi connectivity index (χ1) is 8.50. The second-order valence-electron chi connectivity index (χ2n) is 3.37. The molecule has 1 rings (SSSR count). The van der Waals surface area contributed by atoms with Crippen LogP contribution in [0.2, 0.25) is 0 Å². The van der Waals surface area contributed by atoms with Crippen LogP contribution in [-0.4, -0.2) is 41.4 Å². The van der Waals surface area contributed by atoms with Gasteiger partial charge in [-0.1, -0.05) is 0 Å². The van der Waals surface area contributed by atoms with Crippen molar-refractivity contribution >= 4 is 21.4 Å². The summed E-state index contributed by atoms with van der Waals surface area (Å²) in [5.74, 6) is 0.825. The molecule has 0 saturated carbocycles. The molecule has 0 fully saturated rings. The van der Waals surface area contributed by atoms with Gasteiger partial charge in [-0.05, 0) is 0 Å². The van der Waals surface area contributed by atoms with Gasteiger partial charge in [-0.15, -0.1) is 11.6 Å². The van der Waals surface area contributed by atoms with Gasteiger partial charge < -0.3 is 14.2 Å². The highest BCUT2D eigenvalue weighted by Crippen LogP contribution is 2.39. The second-order valence-corrected chi connectivity index (χ2v) is 5.86. The topological polar surface area (TPSA) is 61.8 Å². The third-order valence-electron chi connectivity index (χ3n) is 2.34. The Morgan fingerprint density at radius 3 is 1.89 bits per heavy atom. The van der Waals surface area contributed by atoms with Crippen molar-refractivity contribution in [2.75, 3.05) is 33.0 Å². The fourth-order valence-electron chi connectivity index (χ4n) is 1.46. The molecule has 0 spiro atoms. The normalized spacial score (nSPS) is 11.1. The van der Waals surface area contributed by atoms with Gasteiger partial charge >= 0.3 is 0 Å². The lowest BCUT2D eigenvalue weighted by Crippen LogP contribution is -2.09. The molecule has 0 atom stereocenters. The number of rotatable bonds is 6. The largest absolute Gasteiger partial charge is 0.493 e. The molecule has 0 heterocycles. The zero-order chi connectivity index (χ0) is 13.8. The molecule has 0 aliphatic heterocycles. The summed E-state index contributed by atoms with van der Waals surface area (Å²) < 4.78 is 39.2. The van der Waals surface area contributed by atoms with Gasteiger partial charge in [-0.3, -0.25) is 0 Å². The van der Waals surface area contributed by atoms with Crippen molar-refractivity contribution in [1.29, 1.82) is 0 Å². The number of alkyl halides is 1. The number of methoxy groups -OCH3 is 3. The Morgan fingerprint density at radius 2 is 1.56 bits per heavy atom. The lowest BCUT2D eigenvalue weighted by molar-refractivity contribution is 0.323. The number of halogens is 1. The van der Waals surface area contributed by atoms with E-state index in [1.54, 1.807) is 0 Å². The van der Waals surface area contributed by atoms with Gasteiger partial charge in [0.1, 0.15) is 0 Å². The summed E-state index contributed by atoms with van der Waals surface area (Å²) in [6.45, 7) is 0. The first-order valence-corrected chi connectivity index (χ1v) is 7.27. The fraction of sp³-hybridized carbons (Fsp3) is 0.455. The van der Waals surface area contributed by atoms with Crippen LogP contribution in [0.15, 0.2) is 17.0 Å². The van der Waals surface area contributed by atoms with E-state index in [-0.39, 0.29) is 16.5 Å². The van der Waals surface area contributed by atoms with Crippen molar-refractivity contribution < 1.29 is 22.6 Å². The smallest absolute Gasteiger partial charge is 0.203 e. The van der Waals surface area contributed by atoms with Gasteiger partial charge in [0.05, 0.1) is 32.0 Å². The van der Waals surface area contributed by atoms with E-state index in [0.29, 0.717) is 17.2 Å². The Bertz CT molecular complexity index is 487. The summed E-state index contributed by atoms with van der Waals surface area (Å²) in [6.07, 6.45) is 0. The zero-order valence-electron chi connectivity index (χ0n) is 10.4. The molecule has 0 N–H and O–H groups in total. The third kappa shape index (κ3) is 3.00. The first kappa shape index (κ1) is 14.9. The molecule has 0 aliphatic carbocycles. The minimum Gasteiger partial charge on any atom is -0.493 e. The average molecular weight is 295 g/mol. The molecule has 0 amide bonds. The molecule has 0 aliphatic rings. The predicted molar refractivity (Wildman–Crippen MR) is 68.9 cm³/mol. The molecule has 5 nitrogen and oxygen atoms in total. The number of benzene rings is 1. The Balaban J connectivity index is 3.41. The lowest BCUT2D eigenvalue weighted by Gasteiger charge is -2.14. The minimum absolute atomic E-state index is 0.0268. The van der Waals surface area contributed by atoms with Gasteiger partial charge in [0.15, 0.2) is 21.3 Å². The molecule has 7 heteroatoms. The van der Waals surface area contributed by atoms with Gasteiger partial charge in [0.25, 0.3) is 0 Å². The Hall–Kier alpha value is -1.14. The summed E-state index contributed by atoms with van der Waals surface area (Å²) >= 11 is 5.48. The first-order valence-electron chi connectivity index (χ1n) is 5.09. The van der Waals surface area contributed by atoms with Crippen molar-refractivity contribution in [2.45, 2.75) is 4.90 Å². The summed E-state index contributed by atoms with van der Waals surface area (Å²) in [5.41, 5.74) is 0. The quantitative estimate of drug-likeness (QED) is 0.748. The van der Waals surface area contributed by atoms with E-state index in [9.17, 15) is 8.42 Å². The van der Waals surface area contributed by atoms with Crippen LogP contribution in [0.3, 0.4) is 0 Å². The Kier molecular flexibility index (Phi) is 5.10. The minimum atomic E-state index is -3.45. The van der Waals surface area contributed by atoms with Crippen molar-refractivity contribution in [1.82, 2.24) is 0 Å². The maximum Gasteiger partial charge on any atom is 0.203 e. The molecule has 0 aromatic heterocycles. The standard InChI is InChI=1S/C11H15ClO5S/c1-15-9-6-8(18(13,14)5-4-12)7-10(16-2)11(9)17-3/h6-7H,4-5H2,1-3H3. The highest BCUT2D eigenvalue weighted by Gasteiger charge is 2.20. The molecule has 18 heavy (non-hydrogen) atoms. The average Bonchev–Trinajstić information content (AvgIpc) is 2.36. The van der Waals surface area contributed by atoms with Crippen molar-refractivity contribution in [2.24, 2.45) is 0 Å². The number of hydrogen-bond acceptors (Lipinski definition) is 5. The van der Waals surface area contributed by atoms with Gasteiger partial charge in [-0.2, -0.15) is 0 Å². The van der Waals surface area contributed by atoms with E-state index >= 15 is 0 Å². The molecule has 0 unspecified atom stereocenters. The van der Waals surface area contributed by atoms with Crippen LogP contribution in [0, 0.1) is 0 Å². The van der Waals surface area contributed by atoms with Crippen LogP contribution in [0.4, 0.5) is 0 Å². The predicted octanol–water partition coefficient (Wildman–Crippen LogP) is 1.72. The van der Waals surface area contributed by atoms with Crippen LogP contribution in [-0.2, 0) is 9.84 Å². The van der Waals surface area contributed by atoms with E-state index < -0.39 is 9.84 Å². The molecule has 102 valence electrons. The highest BCUT2D eigenvalue weighted by molar-refractivity contribution is 7.91. The Labute approximate surface area is 112 Å². The van der Waals surface area contributed by atoms with Crippen molar-refractivity contribution in [3.05, 3.63) is 12.1 Å². The monoisotopic (exact) mass is 294 g/mol. The second kappa shape index (κ2) is 6.15. The van der Waals surface area contributed by atoms with Crippen LogP contribution in [0.25, 0.3) is 0 Å². The third-order valence-corrected chi connectivity index (χ3v) is 4.45. The summed E-state index contributed by atoms with van der Waals surface area (Å²) in [5, 5.41) is 0. The SMILES string of the molecule is COc1cc(S(=O)(=O)CCCl)cc(OC)c1OC. The molecule has 0 saturated heterocycles. The van der Waals surface area contributed by atoms with E-state index in [2.05, 4.69) is 0 Å². The molecule has 1 aromatic carbocycles. The van der Waals surface area contributed by atoms with E-state index in [1.165, 1.54) is 33.5 Å². The molecule has 1 aromatic rings. The number of sulfone groups is 1. The van der Waals surface area contributed by atoms with Gasteiger partial charge in [0, 0.05) is 18.0 Å². The van der Waals surface area contributed by atoms with Crippen molar-refractivity contribution in [3.63, 3.8) is 0 Å². The van der Waals surface area contributed by atoms with E-state index in [1.807, 2.05) is 0 Å². The molecular weight excluding hydrogens is 280 g/mol. The van der Waals surface area contributed by atoms with E-state index in [0.717, 1.165) is 0 Å². The molecule has 0 radical (unpaired) electrons. The summed E-state index contributed by atoms with van der Waals surface area (Å²) in [7, 11) is 0.855. The Morgan fingerprint density at radius 1 is 1.06 bits per heavy atom.